The molecule has 2 nitrogen and oxygen atoms in total. The topological polar surface area (TPSA) is 25.8 Å². The third-order valence-electron chi connectivity index (χ3n) is 5.27. The molecule has 0 atom stereocenters. The maximum absolute atomic E-state index is 5.05. The van der Waals surface area contributed by atoms with Gasteiger partial charge in [-0.25, -0.2) is 0 Å². The first-order valence-corrected chi connectivity index (χ1v) is 11.9. The fraction of sp³-hybridized carbons (Fsp3) is 0. The Balaban J connectivity index is 1.67. The van der Waals surface area contributed by atoms with E-state index in [0.29, 0.717) is 0 Å². The van der Waals surface area contributed by atoms with Crippen molar-refractivity contribution in [3.63, 3.8) is 0 Å². The molecule has 0 radical (unpaired) electrons. The normalized spacial score (nSPS) is 11.4. The first-order chi connectivity index (χ1) is 14.4. The Bertz CT molecular complexity index is 1500. The minimum atomic E-state index is -0.297. The van der Waals surface area contributed by atoms with Gasteiger partial charge in [-0.1, -0.05) is 0 Å². The molecule has 0 aliphatic heterocycles. The van der Waals surface area contributed by atoms with E-state index in [9.17, 15) is 0 Å². The van der Waals surface area contributed by atoms with Crippen molar-refractivity contribution < 1.29 is 0 Å². The van der Waals surface area contributed by atoms with Crippen LogP contribution < -0.4 is 0 Å². The van der Waals surface area contributed by atoms with Gasteiger partial charge >= 0.3 is 179 Å². The third-order valence-corrected chi connectivity index (χ3v) is 8.56. The number of rotatable bonds is 2. The maximum atomic E-state index is 5.05. The van der Waals surface area contributed by atoms with Crippen molar-refractivity contribution in [2.45, 2.75) is 0 Å². The molecule has 0 spiro atoms. The summed E-state index contributed by atoms with van der Waals surface area (Å²) in [5.74, 6) is 0. The van der Waals surface area contributed by atoms with Crippen LogP contribution in [0, 0.1) is 0 Å². The first kappa shape index (κ1) is 16.9. The van der Waals surface area contributed by atoms with E-state index in [1.165, 1.54) is 17.6 Å². The zero-order valence-corrected chi connectivity index (χ0v) is 17.9. The average Bonchev–Trinajstić information content (AvgIpc) is 3.17. The van der Waals surface area contributed by atoms with E-state index < -0.39 is 0 Å². The van der Waals surface area contributed by atoms with Gasteiger partial charge in [-0.15, -0.1) is 0 Å². The van der Waals surface area contributed by atoms with Crippen molar-refractivity contribution in [1.29, 1.82) is 0 Å². The monoisotopic (exact) mass is 486 g/mol. The Morgan fingerprint density at radius 3 is 1.90 bits per heavy atom. The van der Waals surface area contributed by atoms with Crippen LogP contribution in [0.5, 0.6) is 0 Å². The Kier molecular flexibility index (Phi) is 3.97. The summed E-state index contributed by atoms with van der Waals surface area (Å²) in [6, 6.07) is 34.1. The van der Waals surface area contributed by atoms with Crippen LogP contribution in [0.3, 0.4) is 0 Å². The van der Waals surface area contributed by atoms with Gasteiger partial charge in [0.1, 0.15) is 0 Å². The van der Waals surface area contributed by atoms with Gasteiger partial charge in [-0.3, -0.25) is 0 Å². The Morgan fingerprint density at radius 2 is 1.10 bits per heavy atom. The molecule has 136 valence electrons. The predicted molar refractivity (Wildman–Crippen MR) is 122 cm³/mol. The van der Waals surface area contributed by atoms with E-state index in [2.05, 4.69) is 66.7 Å². The molecular weight excluding hydrogens is 468 g/mol. The number of benzene rings is 4. The van der Waals surface area contributed by atoms with Gasteiger partial charge in [0.25, 0.3) is 0 Å². The van der Waals surface area contributed by atoms with Crippen molar-refractivity contribution >= 4 is 49.0 Å². The Labute approximate surface area is 178 Å². The van der Waals surface area contributed by atoms with Crippen LogP contribution in [0.4, 0.5) is 0 Å². The van der Waals surface area contributed by atoms with Crippen molar-refractivity contribution in [2.24, 2.45) is 0 Å². The fourth-order valence-corrected chi connectivity index (χ4v) is 6.97. The van der Waals surface area contributed by atoms with Gasteiger partial charge in [0, 0.05) is 0 Å². The summed E-state index contributed by atoms with van der Waals surface area (Å²) in [5.41, 5.74) is 5.96. The number of para-hydroxylation sites is 2. The minimum absolute atomic E-state index is 0.297. The molecule has 0 N–H and O–H groups in total. The van der Waals surface area contributed by atoms with Crippen molar-refractivity contribution in [3.05, 3.63) is 97.1 Å². The molecule has 0 aliphatic rings. The molecule has 0 saturated carbocycles. The van der Waals surface area contributed by atoms with Gasteiger partial charge in [-0.05, 0) is 0 Å². The molecule has 29 heavy (non-hydrogen) atoms. The Hall–Kier alpha value is -2.99. The summed E-state index contributed by atoms with van der Waals surface area (Å²) in [6.07, 6.45) is 0. The van der Waals surface area contributed by atoms with E-state index in [1.807, 2.05) is 30.3 Å². The van der Waals surface area contributed by atoms with Crippen molar-refractivity contribution in [3.8, 4) is 22.5 Å². The molecule has 4 aromatic carbocycles. The quantitative estimate of drug-likeness (QED) is 0.269. The SMILES string of the molecule is c1ccc(-c2nc3ccccc3nc2-c2ccc3[te]c4ccccc4c3c2)cc1. The first-order valence-electron chi connectivity index (χ1n) is 9.61. The van der Waals surface area contributed by atoms with Crippen LogP contribution in [0.25, 0.3) is 51.1 Å². The van der Waals surface area contributed by atoms with Crippen LogP contribution in [-0.2, 0) is 0 Å². The molecule has 0 bridgehead atoms. The van der Waals surface area contributed by atoms with Crippen molar-refractivity contribution in [1.82, 2.24) is 9.97 Å². The van der Waals surface area contributed by atoms with Crippen LogP contribution in [0.1, 0.15) is 0 Å². The Morgan fingerprint density at radius 1 is 0.483 bits per heavy atom. The summed E-state index contributed by atoms with van der Waals surface area (Å²) in [5, 5.41) is 2.76. The second kappa shape index (κ2) is 6.81. The van der Waals surface area contributed by atoms with E-state index in [0.717, 1.165) is 33.5 Å². The van der Waals surface area contributed by atoms with Gasteiger partial charge < -0.3 is 0 Å². The second-order valence-electron chi connectivity index (χ2n) is 7.08. The van der Waals surface area contributed by atoms with Crippen LogP contribution >= 0.6 is 0 Å². The molecule has 2 heterocycles. The number of nitrogens with zero attached hydrogens (tertiary/aromatic N) is 2. The van der Waals surface area contributed by atoms with Crippen LogP contribution in [-0.4, -0.2) is 30.4 Å². The molecule has 0 fully saturated rings. The average molecular weight is 484 g/mol. The van der Waals surface area contributed by atoms with E-state index >= 15 is 0 Å². The summed E-state index contributed by atoms with van der Waals surface area (Å²) in [6.45, 7) is 0. The summed E-state index contributed by atoms with van der Waals surface area (Å²) < 4.78 is 3.04. The number of fused-ring (bicyclic) bond motifs is 4. The zero-order chi connectivity index (χ0) is 19.2. The van der Waals surface area contributed by atoms with Crippen LogP contribution in [0.2, 0.25) is 0 Å². The molecule has 2 aromatic heterocycles. The molecule has 3 heteroatoms. The molecule has 0 amide bonds. The number of aromatic nitrogens is 2. The van der Waals surface area contributed by atoms with E-state index in [1.54, 1.807) is 0 Å². The van der Waals surface area contributed by atoms with Crippen molar-refractivity contribution in [2.75, 3.05) is 0 Å². The fourth-order valence-electron chi connectivity index (χ4n) is 3.87. The molecule has 0 saturated heterocycles. The number of hydrogen-bond acceptors (Lipinski definition) is 2. The van der Waals surface area contributed by atoms with E-state index in [4.69, 9.17) is 9.97 Å². The van der Waals surface area contributed by atoms with Crippen LogP contribution in [0.15, 0.2) is 97.1 Å². The summed E-state index contributed by atoms with van der Waals surface area (Å²) in [4.78, 5) is 10.1. The molecular formula is C26H16N2Te. The predicted octanol–water partition coefficient (Wildman–Crippen LogP) is 6.33. The van der Waals surface area contributed by atoms with E-state index in [-0.39, 0.29) is 20.4 Å². The molecule has 0 aliphatic carbocycles. The third kappa shape index (κ3) is 2.86. The molecule has 6 rings (SSSR count). The molecule has 0 unspecified atom stereocenters. The van der Waals surface area contributed by atoms with Gasteiger partial charge in [0.2, 0.25) is 0 Å². The van der Waals surface area contributed by atoms with Gasteiger partial charge in [0.15, 0.2) is 0 Å². The van der Waals surface area contributed by atoms with Gasteiger partial charge in [0.05, 0.1) is 0 Å². The van der Waals surface area contributed by atoms with Gasteiger partial charge in [-0.2, -0.15) is 0 Å². The second-order valence-corrected chi connectivity index (χ2v) is 10.2. The standard InChI is InChI=1S/C26H16N2Te/c1-2-8-17(9-3-1)25-26(28-22-12-6-5-11-21(22)27-25)18-14-15-24-20(16-18)19-10-4-7-13-23(19)29-24/h1-16H. The summed E-state index contributed by atoms with van der Waals surface area (Å²) >= 11 is -0.297. The number of hydrogen-bond donors (Lipinski definition) is 0. The zero-order valence-electron chi connectivity index (χ0n) is 15.5. The molecule has 6 aromatic rings. The summed E-state index contributed by atoms with van der Waals surface area (Å²) in [7, 11) is 0.